The third-order valence-corrected chi connectivity index (χ3v) is 7.89. The van der Waals surface area contributed by atoms with Crippen LogP contribution in [0.2, 0.25) is 0 Å². The summed E-state index contributed by atoms with van der Waals surface area (Å²) in [5.41, 5.74) is 1.28. The summed E-state index contributed by atoms with van der Waals surface area (Å²) in [4.78, 5) is 1.27. The van der Waals surface area contributed by atoms with Crippen molar-refractivity contribution in [1.29, 1.82) is 0 Å². The summed E-state index contributed by atoms with van der Waals surface area (Å²) in [5, 5.41) is 0. The summed E-state index contributed by atoms with van der Waals surface area (Å²) >= 11 is -1.44. The molecule has 1 aliphatic carbocycles. The number of halogens is 1. The SMILES string of the molecule is COc1ccc(S(=O)Cl)cc1.COc1ccc(S(=O)O[C@H]2CCCC[C@H]2c2ccccc2)cc1. The second-order valence-electron chi connectivity index (χ2n) is 7.75. The first kappa shape index (κ1) is 26.4. The second-order valence-corrected chi connectivity index (χ2v) is 10.6. The van der Waals surface area contributed by atoms with Gasteiger partial charge >= 0.3 is 0 Å². The fraction of sp³-hybridized carbons (Fsp3) is 0.308. The van der Waals surface area contributed by atoms with Crippen LogP contribution in [0, 0.1) is 0 Å². The topological polar surface area (TPSA) is 61.8 Å². The smallest absolute Gasteiger partial charge is 0.189 e. The van der Waals surface area contributed by atoms with Gasteiger partial charge in [0.1, 0.15) is 21.5 Å². The first-order valence-electron chi connectivity index (χ1n) is 11.0. The second kappa shape index (κ2) is 13.6. The molecule has 0 bridgehead atoms. The molecule has 8 heteroatoms. The molecule has 0 amide bonds. The zero-order chi connectivity index (χ0) is 24.3. The van der Waals surface area contributed by atoms with Crippen LogP contribution in [0.1, 0.15) is 37.2 Å². The summed E-state index contributed by atoms with van der Waals surface area (Å²) in [7, 11) is 7.10. The molecular formula is C26H29ClO5S2. The third kappa shape index (κ3) is 7.67. The monoisotopic (exact) mass is 520 g/mol. The van der Waals surface area contributed by atoms with Crippen molar-refractivity contribution in [2.45, 2.75) is 47.5 Å². The highest BCUT2D eigenvalue weighted by Crippen LogP contribution is 2.36. The Morgan fingerprint density at radius 3 is 1.79 bits per heavy atom. The minimum atomic E-state index is -1.44. The van der Waals surface area contributed by atoms with Gasteiger partial charge < -0.3 is 9.47 Å². The van der Waals surface area contributed by atoms with Crippen molar-refractivity contribution < 1.29 is 22.1 Å². The van der Waals surface area contributed by atoms with E-state index in [9.17, 15) is 8.42 Å². The van der Waals surface area contributed by atoms with Crippen molar-refractivity contribution in [3.05, 3.63) is 84.4 Å². The zero-order valence-corrected chi connectivity index (χ0v) is 21.6. The summed E-state index contributed by atoms with van der Waals surface area (Å²) in [6, 6.07) is 24.4. The van der Waals surface area contributed by atoms with Crippen molar-refractivity contribution in [2.24, 2.45) is 0 Å². The van der Waals surface area contributed by atoms with E-state index < -0.39 is 21.1 Å². The Hall–Kier alpha value is -2.19. The van der Waals surface area contributed by atoms with Crippen molar-refractivity contribution in [3.8, 4) is 11.5 Å². The van der Waals surface area contributed by atoms with Crippen LogP contribution >= 0.6 is 10.7 Å². The Morgan fingerprint density at radius 1 is 0.735 bits per heavy atom. The molecule has 1 saturated carbocycles. The standard InChI is InChI=1S/C19H22O3S.C7H7ClO2S/c1-21-16-11-13-17(14-12-16)23(20)22-19-10-6-5-9-18(19)15-7-3-2-4-8-15;1-10-6-2-4-7(5-3-6)11(8)9/h2-4,7-8,11-14,18-19H,5-6,9-10H2,1H3;2-5H,1H3/t18-,19-,23?;/m0./s1. The van der Waals surface area contributed by atoms with E-state index in [0.717, 1.165) is 30.8 Å². The Kier molecular flexibility index (Phi) is 10.6. The number of benzene rings is 3. The molecule has 34 heavy (non-hydrogen) atoms. The van der Waals surface area contributed by atoms with Crippen LogP contribution in [0.4, 0.5) is 0 Å². The molecule has 2 unspecified atom stereocenters. The minimum absolute atomic E-state index is 0.00841. The highest BCUT2D eigenvalue weighted by molar-refractivity contribution is 8.08. The third-order valence-electron chi connectivity index (χ3n) is 5.64. The number of hydrogen-bond acceptors (Lipinski definition) is 5. The van der Waals surface area contributed by atoms with Crippen molar-refractivity contribution in [1.82, 2.24) is 0 Å². The highest BCUT2D eigenvalue weighted by Gasteiger charge is 2.29. The average molecular weight is 521 g/mol. The van der Waals surface area contributed by atoms with E-state index in [1.54, 1.807) is 50.6 Å². The van der Waals surface area contributed by atoms with E-state index in [1.165, 1.54) is 12.0 Å². The van der Waals surface area contributed by atoms with Gasteiger partial charge in [-0.15, -0.1) is 0 Å². The van der Waals surface area contributed by atoms with Crippen LogP contribution in [-0.4, -0.2) is 28.7 Å². The van der Waals surface area contributed by atoms with Crippen LogP contribution in [0.3, 0.4) is 0 Å². The quantitative estimate of drug-likeness (QED) is 0.336. The first-order chi connectivity index (χ1) is 16.5. The van der Waals surface area contributed by atoms with E-state index in [2.05, 4.69) is 24.3 Å². The molecule has 0 spiro atoms. The lowest BCUT2D eigenvalue weighted by molar-refractivity contribution is 0.147. The van der Waals surface area contributed by atoms with Crippen molar-refractivity contribution in [2.75, 3.05) is 14.2 Å². The Labute approximate surface area is 211 Å². The van der Waals surface area contributed by atoms with Gasteiger partial charge in [-0.2, -0.15) is 0 Å². The highest BCUT2D eigenvalue weighted by atomic mass is 35.7. The lowest BCUT2D eigenvalue weighted by Gasteiger charge is -2.31. The summed E-state index contributed by atoms with van der Waals surface area (Å²) in [6.07, 6.45) is 4.40. The normalized spacial score (nSPS) is 19.3. The van der Waals surface area contributed by atoms with Crippen LogP contribution < -0.4 is 9.47 Å². The van der Waals surface area contributed by atoms with Gasteiger partial charge in [0.15, 0.2) is 11.1 Å². The van der Waals surface area contributed by atoms with Crippen LogP contribution in [0.5, 0.6) is 11.5 Å². The van der Waals surface area contributed by atoms with E-state index in [4.69, 9.17) is 24.3 Å². The molecule has 0 aliphatic heterocycles. The molecule has 0 saturated heterocycles. The molecule has 3 aromatic rings. The molecule has 0 N–H and O–H groups in total. The van der Waals surface area contributed by atoms with Crippen molar-refractivity contribution >= 4 is 31.8 Å². The molecule has 3 aromatic carbocycles. The van der Waals surface area contributed by atoms with E-state index >= 15 is 0 Å². The number of rotatable bonds is 7. The molecular weight excluding hydrogens is 492 g/mol. The maximum atomic E-state index is 12.5. The van der Waals surface area contributed by atoms with Gasteiger partial charge in [-0.3, -0.25) is 4.18 Å². The molecule has 182 valence electrons. The lowest BCUT2D eigenvalue weighted by atomic mass is 9.82. The van der Waals surface area contributed by atoms with Gasteiger partial charge in [0.2, 0.25) is 0 Å². The van der Waals surface area contributed by atoms with E-state index in [0.29, 0.717) is 15.7 Å². The van der Waals surface area contributed by atoms with Crippen LogP contribution in [0.25, 0.3) is 0 Å². The summed E-state index contributed by atoms with van der Waals surface area (Å²) < 4.78 is 39.2. The predicted octanol–water partition coefficient (Wildman–Crippen LogP) is 6.42. The predicted molar refractivity (Wildman–Crippen MR) is 137 cm³/mol. The molecule has 0 radical (unpaired) electrons. The molecule has 0 heterocycles. The Balaban J connectivity index is 0.000000248. The van der Waals surface area contributed by atoms with E-state index in [-0.39, 0.29) is 6.10 Å². The molecule has 0 aromatic heterocycles. The Morgan fingerprint density at radius 2 is 1.26 bits per heavy atom. The number of ether oxygens (including phenoxy) is 2. The maximum absolute atomic E-state index is 12.5. The van der Waals surface area contributed by atoms with Gasteiger partial charge in [-0.1, -0.05) is 43.2 Å². The largest absolute Gasteiger partial charge is 0.497 e. The molecule has 5 nitrogen and oxygen atoms in total. The average Bonchev–Trinajstić information content (AvgIpc) is 2.90. The first-order valence-corrected chi connectivity index (χ1v) is 14.1. The van der Waals surface area contributed by atoms with Crippen LogP contribution in [-0.2, 0) is 25.3 Å². The number of methoxy groups -OCH3 is 2. The molecule has 1 aliphatic rings. The molecule has 1 fully saturated rings. The van der Waals surface area contributed by atoms with Gasteiger partial charge in [0, 0.05) is 5.92 Å². The summed E-state index contributed by atoms with van der Waals surface area (Å²) in [6.45, 7) is 0. The van der Waals surface area contributed by atoms with E-state index in [1.807, 2.05) is 18.2 Å². The molecule has 4 rings (SSSR count). The van der Waals surface area contributed by atoms with Gasteiger partial charge in [0.05, 0.1) is 30.1 Å². The maximum Gasteiger partial charge on any atom is 0.189 e. The molecule has 4 atom stereocenters. The fourth-order valence-corrected chi connectivity index (χ4v) is 5.41. The number of hydrogen-bond donors (Lipinski definition) is 0. The van der Waals surface area contributed by atoms with Crippen LogP contribution in [0.15, 0.2) is 88.7 Å². The zero-order valence-electron chi connectivity index (χ0n) is 19.2. The van der Waals surface area contributed by atoms with Crippen molar-refractivity contribution in [3.63, 3.8) is 0 Å². The minimum Gasteiger partial charge on any atom is -0.497 e. The Bertz CT molecular complexity index is 1060. The van der Waals surface area contributed by atoms with Gasteiger partial charge in [-0.05, 0) is 77.6 Å². The van der Waals surface area contributed by atoms with Gasteiger partial charge in [-0.25, -0.2) is 8.42 Å². The lowest BCUT2D eigenvalue weighted by Crippen LogP contribution is -2.27. The van der Waals surface area contributed by atoms with Gasteiger partial charge in [0.25, 0.3) is 0 Å². The summed E-state index contributed by atoms with van der Waals surface area (Å²) in [5.74, 6) is 1.81. The fourth-order valence-electron chi connectivity index (χ4n) is 3.83.